The zero-order chi connectivity index (χ0) is 14.6. The quantitative estimate of drug-likeness (QED) is 0.419. The van der Waals surface area contributed by atoms with Gasteiger partial charge >= 0.3 is 0 Å². The Morgan fingerprint density at radius 2 is 2.00 bits per heavy atom. The SMILES string of the molecule is COCCOCCCOc1ccc(C#CCCl)c(C)c1. The highest BCUT2D eigenvalue weighted by atomic mass is 35.5. The molecular weight excluding hydrogens is 276 g/mol. The Balaban J connectivity index is 2.29. The zero-order valence-electron chi connectivity index (χ0n) is 12.1. The smallest absolute Gasteiger partial charge is 0.119 e. The summed E-state index contributed by atoms with van der Waals surface area (Å²) in [4.78, 5) is 0. The molecule has 0 atom stereocenters. The maximum atomic E-state index is 5.67. The van der Waals surface area contributed by atoms with Crippen molar-refractivity contribution in [3.63, 3.8) is 0 Å². The largest absolute Gasteiger partial charge is 0.493 e. The number of methoxy groups -OCH3 is 1. The van der Waals surface area contributed by atoms with Crippen molar-refractivity contribution in [2.45, 2.75) is 13.3 Å². The van der Waals surface area contributed by atoms with Crippen molar-refractivity contribution < 1.29 is 14.2 Å². The summed E-state index contributed by atoms with van der Waals surface area (Å²) in [5.74, 6) is 7.07. The first-order chi connectivity index (χ1) is 9.77. The van der Waals surface area contributed by atoms with Crippen LogP contribution in [0.3, 0.4) is 0 Å². The van der Waals surface area contributed by atoms with Crippen LogP contribution in [-0.4, -0.2) is 39.4 Å². The predicted octanol–water partition coefficient (Wildman–Crippen LogP) is 3.02. The number of halogens is 1. The number of alkyl halides is 1. The fourth-order valence-electron chi connectivity index (χ4n) is 1.59. The van der Waals surface area contributed by atoms with E-state index in [0.29, 0.717) is 32.3 Å². The highest BCUT2D eigenvalue weighted by Crippen LogP contribution is 2.16. The average molecular weight is 297 g/mol. The van der Waals surface area contributed by atoms with Crippen LogP contribution in [0.15, 0.2) is 18.2 Å². The summed E-state index contributed by atoms with van der Waals surface area (Å²) in [6, 6.07) is 5.88. The Hall–Kier alpha value is -1.21. The van der Waals surface area contributed by atoms with Crippen LogP contribution in [0.2, 0.25) is 0 Å². The lowest BCUT2D eigenvalue weighted by molar-refractivity contribution is 0.0644. The van der Waals surface area contributed by atoms with Crippen molar-refractivity contribution >= 4 is 11.6 Å². The molecule has 4 heteroatoms. The molecule has 0 aliphatic heterocycles. The summed E-state index contributed by atoms with van der Waals surface area (Å²) >= 11 is 5.55. The Kier molecular flexibility index (Phi) is 8.90. The third kappa shape index (κ3) is 6.81. The first-order valence-corrected chi connectivity index (χ1v) is 7.16. The van der Waals surface area contributed by atoms with Gasteiger partial charge in [0, 0.05) is 25.7 Å². The second-order valence-corrected chi connectivity index (χ2v) is 4.49. The molecule has 0 unspecified atom stereocenters. The van der Waals surface area contributed by atoms with Crippen molar-refractivity contribution in [3.05, 3.63) is 29.3 Å². The molecule has 0 bridgehead atoms. The highest BCUT2D eigenvalue weighted by Gasteiger charge is 1.99. The van der Waals surface area contributed by atoms with E-state index in [4.69, 9.17) is 25.8 Å². The van der Waals surface area contributed by atoms with Crippen molar-refractivity contribution in [2.75, 3.05) is 39.4 Å². The van der Waals surface area contributed by atoms with Crippen LogP contribution in [0.25, 0.3) is 0 Å². The minimum Gasteiger partial charge on any atom is -0.493 e. The van der Waals surface area contributed by atoms with Gasteiger partial charge < -0.3 is 14.2 Å². The second-order valence-electron chi connectivity index (χ2n) is 4.22. The van der Waals surface area contributed by atoms with Crippen LogP contribution in [0.5, 0.6) is 5.75 Å². The van der Waals surface area contributed by atoms with E-state index in [1.54, 1.807) is 7.11 Å². The molecule has 0 radical (unpaired) electrons. The lowest BCUT2D eigenvalue weighted by atomic mass is 10.1. The molecule has 0 aromatic heterocycles. The van der Waals surface area contributed by atoms with E-state index in [1.807, 2.05) is 25.1 Å². The van der Waals surface area contributed by atoms with Crippen molar-refractivity contribution in [1.29, 1.82) is 0 Å². The Morgan fingerprint density at radius 3 is 2.70 bits per heavy atom. The van der Waals surface area contributed by atoms with E-state index >= 15 is 0 Å². The third-order valence-electron chi connectivity index (χ3n) is 2.62. The summed E-state index contributed by atoms with van der Waals surface area (Å²) in [6.45, 7) is 4.59. The van der Waals surface area contributed by atoms with Crippen molar-refractivity contribution in [3.8, 4) is 17.6 Å². The molecule has 3 nitrogen and oxygen atoms in total. The molecule has 1 rings (SSSR count). The van der Waals surface area contributed by atoms with Gasteiger partial charge in [-0.05, 0) is 30.7 Å². The fraction of sp³-hybridized carbons (Fsp3) is 0.500. The van der Waals surface area contributed by atoms with Gasteiger partial charge in [-0.25, -0.2) is 0 Å². The van der Waals surface area contributed by atoms with Gasteiger partial charge in [0.25, 0.3) is 0 Å². The van der Waals surface area contributed by atoms with Gasteiger partial charge in [0.05, 0.1) is 25.7 Å². The fourth-order valence-corrected chi connectivity index (χ4v) is 1.66. The third-order valence-corrected chi connectivity index (χ3v) is 2.75. The van der Waals surface area contributed by atoms with E-state index in [0.717, 1.165) is 23.3 Å². The van der Waals surface area contributed by atoms with E-state index in [9.17, 15) is 0 Å². The van der Waals surface area contributed by atoms with Gasteiger partial charge in [0.2, 0.25) is 0 Å². The maximum Gasteiger partial charge on any atom is 0.119 e. The maximum absolute atomic E-state index is 5.67. The molecule has 110 valence electrons. The Labute approximate surface area is 126 Å². The Bertz CT molecular complexity index is 449. The van der Waals surface area contributed by atoms with E-state index < -0.39 is 0 Å². The molecule has 0 fully saturated rings. The van der Waals surface area contributed by atoms with E-state index in [1.165, 1.54) is 0 Å². The minimum atomic E-state index is 0.348. The molecule has 0 heterocycles. The minimum absolute atomic E-state index is 0.348. The first-order valence-electron chi connectivity index (χ1n) is 6.63. The summed E-state index contributed by atoms with van der Waals surface area (Å²) in [5, 5.41) is 0. The molecule has 0 saturated carbocycles. The zero-order valence-corrected chi connectivity index (χ0v) is 12.8. The monoisotopic (exact) mass is 296 g/mol. The average Bonchev–Trinajstić information content (AvgIpc) is 2.45. The summed E-state index contributed by atoms with van der Waals surface area (Å²) in [6.07, 6.45) is 0.858. The number of benzene rings is 1. The van der Waals surface area contributed by atoms with Crippen LogP contribution in [0, 0.1) is 18.8 Å². The lowest BCUT2D eigenvalue weighted by Crippen LogP contribution is -2.06. The van der Waals surface area contributed by atoms with Crippen LogP contribution < -0.4 is 4.74 Å². The van der Waals surface area contributed by atoms with Gasteiger partial charge in [0.1, 0.15) is 5.75 Å². The topological polar surface area (TPSA) is 27.7 Å². The van der Waals surface area contributed by atoms with Crippen molar-refractivity contribution in [2.24, 2.45) is 0 Å². The summed E-state index contributed by atoms with van der Waals surface area (Å²) in [7, 11) is 1.66. The number of hydrogen-bond acceptors (Lipinski definition) is 3. The second kappa shape index (κ2) is 10.6. The number of aryl methyl sites for hydroxylation is 1. The van der Waals surface area contributed by atoms with Gasteiger partial charge in [-0.2, -0.15) is 0 Å². The standard InChI is InChI=1S/C16H21ClO3/c1-14-13-16(7-6-15(14)5-3-8-17)20-10-4-9-19-12-11-18-2/h6-7,13H,4,8-12H2,1-2H3. The molecule has 0 amide bonds. The van der Waals surface area contributed by atoms with Gasteiger partial charge in [-0.1, -0.05) is 11.8 Å². The molecule has 1 aromatic rings. The van der Waals surface area contributed by atoms with Crippen LogP contribution >= 0.6 is 11.6 Å². The molecule has 0 aliphatic carbocycles. The summed E-state index contributed by atoms with van der Waals surface area (Å²) in [5.41, 5.74) is 2.08. The Morgan fingerprint density at radius 1 is 1.15 bits per heavy atom. The molecule has 20 heavy (non-hydrogen) atoms. The number of hydrogen-bond donors (Lipinski definition) is 0. The molecule has 0 aliphatic rings. The molecule has 1 aromatic carbocycles. The van der Waals surface area contributed by atoms with E-state index in [-0.39, 0.29) is 0 Å². The summed E-state index contributed by atoms with van der Waals surface area (Å²) < 4.78 is 15.9. The number of ether oxygens (including phenoxy) is 3. The molecule has 0 spiro atoms. The van der Waals surface area contributed by atoms with E-state index in [2.05, 4.69) is 11.8 Å². The highest BCUT2D eigenvalue weighted by molar-refractivity contribution is 6.19. The lowest BCUT2D eigenvalue weighted by Gasteiger charge is -2.08. The van der Waals surface area contributed by atoms with Crippen LogP contribution in [-0.2, 0) is 9.47 Å². The normalized spacial score (nSPS) is 9.95. The first kappa shape index (κ1) is 16.8. The molecule has 0 N–H and O–H groups in total. The molecular formula is C16H21ClO3. The predicted molar refractivity (Wildman–Crippen MR) is 81.6 cm³/mol. The number of rotatable bonds is 8. The van der Waals surface area contributed by atoms with Crippen molar-refractivity contribution in [1.82, 2.24) is 0 Å². The van der Waals surface area contributed by atoms with Crippen LogP contribution in [0.1, 0.15) is 17.5 Å². The van der Waals surface area contributed by atoms with Crippen LogP contribution in [0.4, 0.5) is 0 Å². The van der Waals surface area contributed by atoms with Gasteiger partial charge in [-0.15, -0.1) is 11.6 Å². The molecule has 0 saturated heterocycles. The van der Waals surface area contributed by atoms with Gasteiger partial charge in [-0.3, -0.25) is 0 Å². The van der Waals surface area contributed by atoms with Gasteiger partial charge in [0.15, 0.2) is 0 Å².